The maximum absolute atomic E-state index is 12.7. The molecule has 1 aliphatic carbocycles. The van der Waals surface area contributed by atoms with E-state index in [1.165, 1.54) is 37.7 Å². The molecule has 6 heteroatoms. The van der Waals surface area contributed by atoms with Gasteiger partial charge >= 0.3 is 0 Å². The van der Waals surface area contributed by atoms with Gasteiger partial charge in [-0.1, -0.05) is 44.2 Å². The highest BCUT2D eigenvalue weighted by atomic mass is 32.2. The fourth-order valence-electron chi connectivity index (χ4n) is 4.40. The van der Waals surface area contributed by atoms with Gasteiger partial charge in [-0.2, -0.15) is 5.10 Å². The number of nitrogens with zero attached hydrogens (tertiary/aromatic N) is 2. The minimum Gasteiger partial charge on any atom is -0.310 e. The largest absolute Gasteiger partial charge is 0.310 e. The normalized spacial score (nSPS) is 19.6. The SMILES string of the molecule is Cc1cccc(-n2nc3c(c2NC(=O)CCC2CCCCC2)C[S@](=O)C3)c1C. The molecule has 2 aromatic rings. The summed E-state index contributed by atoms with van der Waals surface area (Å²) in [5.74, 6) is 2.37. The zero-order valence-corrected chi connectivity index (χ0v) is 17.6. The molecule has 5 nitrogen and oxygen atoms in total. The van der Waals surface area contributed by atoms with E-state index < -0.39 is 10.8 Å². The maximum Gasteiger partial charge on any atom is 0.225 e. The summed E-state index contributed by atoms with van der Waals surface area (Å²) in [6, 6.07) is 6.12. The summed E-state index contributed by atoms with van der Waals surface area (Å²) < 4.78 is 13.9. The van der Waals surface area contributed by atoms with Crippen LogP contribution >= 0.6 is 0 Å². The second-order valence-electron chi connectivity index (χ2n) is 8.22. The zero-order chi connectivity index (χ0) is 19.7. The van der Waals surface area contributed by atoms with Crippen LogP contribution in [0, 0.1) is 19.8 Å². The Morgan fingerprint density at radius 3 is 2.79 bits per heavy atom. The number of hydrogen-bond acceptors (Lipinski definition) is 3. The predicted molar refractivity (Wildman–Crippen MR) is 113 cm³/mol. The van der Waals surface area contributed by atoms with E-state index in [1.807, 2.05) is 16.8 Å². The van der Waals surface area contributed by atoms with Gasteiger partial charge in [0.25, 0.3) is 0 Å². The monoisotopic (exact) mass is 399 g/mol. The zero-order valence-electron chi connectivity index (χ0n) is 16.8. The fourth-order valence-corrected chi connectivity index (χ4v) is 5.67. The third-order valence-electron chi connectivity index (χ3n) is 6.24. The third kappa shape index (κ3) is 3.93. The van der Waals surface area contributed by atoms with E-state index in [0.29, 0.717) is 29.7 Å². The Kier molecular flexibility index (Phi) is 5.67. The number of carbonyl (C=O) groups excluding carboxylic acids is 1. The van der Waals surface area contributed by atoms with E-state index in [9.17, 15) is 9.00 Å². The molecular formula is C22H29N3O2S. The van der Waals surface area contributed by atoms with E-state index in [-0.39, 0.29) is 5.91 Å². The molecule has 1 amide bonds. The lowest BCUT2D eigenvalue weighted by Crippen LogP contribution is -2.18. The number of aromatic nitrogens is 2. The van der Waals surface area contributed by atoms with Gasteiger partial charge < -0.3 is 5.32 Å². The fraction of sp³-hybridized carbons (Fsp3) is 0.545. The number of amides is 1. The second-order valence-corrected chi connectivity index (χ2v) is 9.68. The number of benzene rings is 1. The predicted octanol–water partition coefficient (Wildman–Crippen LogP) is 4.55. The van der Waals surface area contributed by atoms with Crippen molar-refractivity contribution in [3.63, 3.8) is 0 Å². The maximum atomic E-state index is 12.7. The lowest BCUT2D eigenvalue weighted by molar-refractivity contribution is -0.116. The Balaban J connectivity index is 1.57. The van der Waals surface area contributed by atoms with E-state index in [2.05, 4.69) is 25.2 Å². The average molecular weight is 400 g/mol. The Hall–Kier alpha value is -1.95. The lowest BCUT2D eigenvalue weighted by atomic mass is 9.86. The third-order valence-corrected chi connectivity index (χ3v) is 7.44. The van der Waals surface area contributed by atoms with Crippen LogP contribution in [0.5, 0.6) is 0 Å². The van der Waals surface area contributed by atoms with Crippen molar-refractivity contribution >= 4 is 22.5 Å². The quantitative estimate of drug-likeness (QED) is 0.802. The van der Waals surface area contributed by atoms with Crippen molar-refractivity contribution in [1.82, 2.24) is 9.78 Å². The molecule has 4 rings (SSSR count). The van der Waals surface area contributed by atoms with Crippen molar-refractivity contribution in [2.24, 2.45) is 5.92 Å². The van der Waals surface area contributed by atoms with Gasteiger partial charge in [0.15, 0.2) is 0 Å². The molecule has 28 heavy (non-hydrogen) atoms. The molecule has 1 aromatic heterocycles. The molecule has 1 atom stereocenters. The van der Waals surface area contributed by atoms with Gasteiger partial charge in [0.1, 0.15) is 5.82 Å². The van der Waals surface area contributed by atoms with Crippen LogP contribution in [0.2, 0.25) is 0 Å². The van der Waals surface area contributed by atoms with Gasteiger partial charge in [0, 0.05) is 22.8 Å². The summed E-state index contributed by atoms with van der Waals surface area (Å²) >= 11 is 0. The molecule has 0 saturated heterocycles. The first-order chi connectivity index (χ1) is 13.5. The highest BCUT2D eigenvalue weighted by molar-refractivity contribution is 7.83. The summed E-state index contributed by atoms with van der Waals surface area (Å²) in [4.78, 5) is 12.7. The van der Waals surface area contributed by atoms with Gasteiger partial charge in [-0.05, 0) is 43.4 Å². The second kappa shape index (κ2) is 8.19. The summed E-state index contributed by atoms with van der Waals surface area (Å²) in [5, 5.41) is 7.85. The first kappa shape index (κ1) is 19.4. The number of fused-ring (bicyclic) bond motifs is 1. The van der Waals surface area contributed by atoms with E-state index in [0.717, 1.165) is 28.9 Å². The average Bonchev–Trinajstić information content (AvgIpc) is 3.20. The molecular weight excluding hydrogens is 370 g/mol. The topological polar surface area (TPSA) is 64.0 Å². The van der Waals surface area contributed by atoms with Gasteiger partial charge in [0.2, 0.25) is 5.91 Å². The molecule has 1 fully saturated rings. The first-order valence-corrected chi connectivity index (χ1v) is 11.8. The highest BCUT2D eigenvalue weighted by Gasteiger charge is 2.29. The van der Waals surface area contributed by atoms with Gasteiger partial charge in [-0.15, -0.1) is 0 Å². The summed E-state index contributed by atoms with van der Waals surface area (Å²) in [5.41, 5.74) is 5.09. The number of aryl methyl sites for hydroxylation is 1. The number of carbonyl (C=O) groups is 1. The summed E-state index contributed by atoms with van der Waals surface area (Å²) in [6.45, 7) is 4.15. The summed E-state index contributed by atoms with van der Waals surface area (Å²) in [6.07, 6.45) is 7.93. The van der Waals surface area contributed by atoms with Gasteiger partial charge in [-0.3, -0.25) is 9.00 Å². The molecule has 150 valence electrons. The molecule has 0 spiro atoms. The van der Waals surface area contributed by atoms with Gasteiger partial charge in [-0.25, -0.2) is 4.68 Å². The molecule has 1 aromatic carbocycles. The van der Waals surface area contributed by atoms with Crippen molar-refractivity contribution in [2.75, 3.05) is 5.32 Å². The van der Waals surface area contributed by atoms with Gasteiger partial charge in [0.05, 0.1) is 22.9 Å². The molecule has 0 unspecified atom stereocenters. The minimum atomic E-state index is -0.922. The summed E-state index contributed by atoms with van der Waals surface area (Å²) in [7, 11) is -0.922. The van der Waals surface area contributed by atoms with Crippen LogP contribution in [0.15, 0.2) is 18.2 Å². The first-order valence-electron chi connectivity index (χ1n) is 10.3. The molecule has 2 heterocycles. The van der Waals surface area contributed by atoms with E-state index in [4.69, 9.17) is 5.10 Å². The standard InChI is InChI=1S/C22H29N3O2S/c1-15-7-6-10-20(16(15)2)25-22(18-13-28(27)14-19(18)24-25)23-21(26)12-11-17-8-4-3-5-9-17/h6-7,10,17H,3-5,8-9,11-14H2,1-2H3,(H,23,26)/t28-/m0/s1. The van der Waals surface area contributed by atoms with E-state index >= 15 is 0 Å². The smallest absolute Gasteiger partial charge is 0.225 e. The molecule has 1 aliphatic heterocycles. The number of nitrogens with one attached hydrogen (secondary N) is 1. The number of hydrogen-bond donors (Lipinski definition) is 1. The molecule has 1 saturated carbocycles. The van der Waals surface area contributed by atoms with E-state index in [1.54, 1.807) is 0 Å². The van der Waals surface area contributed by atoms with Crippen LogP contribution in [-0.2, 0) is 27.1 Å². The van der Waals surface area contributed by atoms with Crippen molar-refractivity contribution < 1.29 is 9.00 Å². The highest BCUT2D eigenvalue weighted by Crippen LogP contribution is 2.33. The number of anilines is 1. The van der Waals surface area contributed by atoms with Crippen LogP contribution in [0.25, 0.3) is 5.69 Å². The molecule has 2 aliphatic rings. The van der Waals surface area contributed by atoms with Crippen LogP contribution in [0.1, 0.15) is 67.3 Å². The van der Waals surface area contributed by atoms with Crippen molar-refractivity contribution in [3.8, 4) is 5.69 Å². The molecule has 0 radical (unpaired) electrons. The Bertz CT molecular complexity index is 913. The van der Waals surface area contributed by atoms with Crippen LogP contribution in [0.4, 0.5) is 5.82 Å². The van der Waals surface area contributed by atoms with Crippen molar-refractivity contribution in [2.45, 2.75) is 70.3 Å². The Morgan fingerprint density at radius 1 is 1.21 bits per heavy atom. The van der Waals surface area contributed by atoms with Crippen molar-refractivity contribution in [1.29, 1.82) is 0 Å². The minimum absolute atomic E-state index is 0.0394. The van der Waals surface area contributed by atoms with Crippen LogP contribution < -0.4 is 5.32 Å². The van der Waals surface area contributed by atoms with Crippen LogP contribution in [-0.4, -0.2) is 19.9 Å². The van der Waals surface area contributed by atoms with Crippen molar-refractivity contribution in [3.05, 3.63) is 40.6 Å². The Labute approximate surface area is 169 Å². The molecule has 0 bridgehead atoms. The Morgan fingerprint density at radius 2 is 2.00 bits per heavy atom. The molecule has 1 N–H and O–H groups in total. The number of rotatable bonds is 5. The van der Waals surface area contributed by atoms with Crippen LogP contribution in [0.3, 0.4) is 0 Å². The lowest BCUT2D eigenvalue weighted by Gasteiger charge is -2.21.